The maximum Gasteiger partial charge on any atom is 0.408 e. The number of amides is 1. The van der Waals surface area contributed by atoms with Gasteiger partial charge in [0, 0.05) is 5.69 Å². The Kier molecular flexibility index (Phi) is 2.67. The molecule has 1 amide bonds. The highest BCUT2D eigenvalue weighted by atomic mass is 16.1. The van der Waals surface area contributed by atoms with Gasteiger partial charge in [-0.1, -0.05) is 54.6 Å². The molecule has 0 unspecified atom stereocenters. The molecule has 3 aromatic carbocycles. The minimum absolute atomic E-state index is 0.0393. The zero-order valence-corrected chi connectivity index (χ0v) is 11.3. The van der Waals surface area contributed by atoms with Crippen molar-refractivity contribution in [1.82, 2.24) is 5.23 Å². The first kappa shape index (κ1) is 12.0. The third-order valence-electron chi connectivity index (χ3n) is 3.85. The molecule has 21 heavy (non-hydrogen) atoms. The Labute approximate surface area is 123 Å². The van der Waals surface area contributed by atoms with Crippen LogP contribution in [0.5, 0.6) is 0 Å². The Hall–Kier alpha value is -2.75. The second-order valence-corrected chi connectivity index (χ2v) is 5.20. The molecule has 3 nitrogen and oxygen atoms in total. The van der Waals surface area contributed by atoms with Gasteiger partial charge in [-0.2, -0.15) is 0 Å². The normalized spacial score (nSPS) is 13.5. The van der Waals surface area contributed by atoms with Gasteiger partial charge in [-0.05, 0) is 28.4 Å². The number of carbonyl (C=O) groups is 1. The van der Waals surface area contributed by atoms with E-state index in [0.29, 0.717) is 5.56 Å². The molecular weight excluding hydrogens is 259 g/mol. The lowest BCUT2D eigenvalue weighted by Gasteiger charge is -2.25. The van der Waals surface area contributed by atoms with E-state index >= 15 is 0 Å². The van der Waals surface area contributed by atoms with Crippen LogP contribution in [0, 0.1) is 0 Å². The van der Waals surface area contributed by atoms with Crippen LogP contribution in [0.1, 0.15) is 10.4 Å². The second kappa shape index (κ2) is 4.67. The number of hydrogen-bond acceptors (Lipinski definition) is 2. The van der Waals surface area contributed by atoms with Gasteiger partial charge in [0.25, 0.3) is 0 Å². The first-order chi connectivity index (χ1) is 10.3. The quantitative estimate of drug-likeness (QED) is 0.668. The summed E-state index contributed by atoms with van der Waals surface area (Å²) in [6.45, 7) is -0.197. The van der Waals surface area contributed by atoms with Gasteiger partial charge in [-0.25, -0.2) is 0 Å². The molecule has 100 valence electrons. The van der Waals surface area contributed by atoms with Crippen LogP contribution in [-0.2, 0) is 0 Å². The van der Waals surface area contributed by atoms with Gasteiger partial charge in [0.2, 0.25) is 5.91 Å². The van der Waals surface area contributed by atoms with E-state index in [9.17, 15) is 4.79 Å². The summed E-state index contributed by atoms with van der Waals surface area (Å²) in [4.78, 5) is 12.2. The summed E-state index contributed by atoms with van der Waals surface area (Å²) in [6.07, 6.45) is 0. The fourth-order valence-electron chi connectivity index (χ4n) is 2.76. The number of nitrogens with one attached hydrogen (secondary N) is 2. The van der Waals surface area contributed by atoms with Gasteiger partial charge in [-0.15, -0.1) is 0 Å². The van der Waals surface area contributed by atoms with Gasteiger partial charge in [0.15, 0.2) is 0 Å². The van der Waals surface area contributed by atoms with E-state index in [0.717, 1.165) is 11.2 Å². The highest BCUT2D eigenvalue weighted by Gasteiger charge is 2.28. The zero-order chi connectivity index (χ0) is 14.2. The Morgan fingerprint density at radius 3 is 2.43 bits per heavy atom. The molecule has 1 aliphatic heterocycles. The van der Waals surface area contributed by atoms with Crippen molar-refractivity contribution in [3.63, 3.8) is 0 Å². The van der Waals surface area contributed by atoms with Crippen molar-refractivity contribution in [2.24, 2.45) is 0 Å². The third-order valence-corrected chi connectivity index (χ3v) is 3.85. The van der Waals surface area contributed by atoms with E-state index in [1.807, 2.05) is 42.5 Å². The molecule has 4 heteroatoms. The number of rotatable bonds is 1. The molecule has 0 aromatic heterocycles. The summed E-state index contributed by atoms with van der Waals surface area (Å²) in [7, 11) is 0. The van der Waals surface area contributed by atoms with Crippen LogP contribution in [0.15, 0.2) is 66.7 Å². The minimum atomic E-state index is -0.197. The molecule has 0 aliphatic carbocycles. The predicted octanol–water partition coefficient (Wildman–Crippen LogP) is 2.39. The summed E-state index contributed by atoms with van der Waals surface area (Å²) in [5, 5.41) is 8.75. The van der Waals surface area contributed by atoms with Crippen molar-refractivity contribution in [3.05, 3.63) is 72.3 Å². The number of para-hydroxylation sites is 1. The van der Waals surface area contributed by atoms with Gasteiger partial charge in [0.1, 0.15) is 0 Å². The van der Waals surface area contributed by atoms with E-state index < -0.39 is 0 Å². The maximum absolute atomic E-state index is 12.2. The Morgan fingerprint density at radius 1 is 0.762 bits per heavy atom. The zero-order valence-electron chi connectivity index (χ0n) is 11.3. The molecule has 3 aromatic rings. The Morgan fingerprint density at radius 2 is 1.52 bits per heavy atom. The first-order valence-electron chi connectivity index (χ1n) is 6.96. The number of fused-ring (bicyclic) bond motifs is 2. The fraction of sp³-hybridized carbons (Fsp3) is 0. The Bertz CT molecular complexity index is 847. The van der Waals surface area contributed by atoms with Crippen molar-refractivity contribution in [2.45, 2.75) is 0 Å². The summed E-state index contributed by atoms with van der Waals surface area (Å²) < 4.78 is 0. The molecule has 0 bridgehead atoms. The van der Waals surface area contributed by atoms with Gasteiger partial charge < -0.3 is 10.5 Å². The fourth-order valence-corrected chi connectivity index (χ4v) is 2.76. The summed E-state index contributed by atoms with van der Waals surface area (Å²) in [5.41, 5.74) is 2.62. The average Bonchev–Trinajstić information content (AvgIpc) is 2.54. The molecule has 0 spiro atoms. The second-order valence-electron chi connectivity index (χ2n) is 5.20. The third kappa shape index (κ3) is 2.05. The van der Waals surface area contributed by atoms with E-state index in [1.165, 1.54) is 10.8 Å². The molecule has 0 atom stereocenters. The van der Waals surface area contributed by atoms with Gasteiger partial charge in [-0.3, -0.25) is 4.79 Å². The molecule has 4 rings (SSSR count). The standard InChI is InChI=1S/C17H13BN2O/c21-17-15-7-3-4-8-16(15)19-18(20-17)14-10-9-12-5-1-2-6-13(12)11-14/h1-11,19H,(H,20,21). The van der Waals surface area contributed by atoms with Crippen LogP contribution in [0.4, 0.5) is 5.69 Å². The molecule has 0 fully saturated rings. The number of hydrogen-bond donors (Lipinski definition) is 2. The minimum Gasteiger partial charge on any atom is -0.405 e. The van der Waals surface area contributed by atoms with Crippen molar-refractivity contribution in [3.8, 4) is 0 Å². The van der Waals surface area contributed by atoms with Crippen molar-refractivity contribution in [1.29, 1.82) is 0 Å². The Balaban J connectivity index is 1.75. The lowest BCUT2D eigenvalue weighted by Crippen LogP contribution is -2.56. The van der Waals surface area contributed by atoms with Crippen LogP contribution < -0.4 is 15.9 Å². The van der Waals surface area contributed by atoms with Crippen LogP contribution in [-0.4, -0.2) is 12.9 Å². The van der Waals surface area contributed by atoms with E-state index in [4.69, 9.17) is 0 Å². The molecule has 0 saturated heterocycles. The molecular formula is C17H13BN2O. The number of benzene rings is 3. The smallest absolute Gasteiger partial charge is 0.405 e. The van der Waals surface area contributed by atoms with E-state index in [2.05, 4.69) is 34.7 Å². The maximum atomic E-state index is 12.2. The predicted molar refractivity (Wildman–Crippen MR) is 86.9 cm³/mol. The van der Waals surface area contributed by atoms with Crippen LogP contribution in [0.3, 0.4) is 0 Å². The van der Waals surface area contributed by atoms with Crippen LogP contribution >= 0.6 is 0 Å². The lowest BCUT2D eigenvalue weighted by atomic mass is 9.65. The number of anilines is 1. The van der Waals surface area contributed by atoms with Crippen molar-refractivity contribution >= 4 is 34.8 Å². The number of carbonyl (C=O) groups excluding carboxylic acids is 1. The summed E-state index contributed by atoms with van der Waals surface area (Å²) in [5.74, 6) is -0.0393. The average molecular weight is 272 g/mol. The SMILES string of the molecule is O=C1NB(c2ccc3ccccc3c2)Nc2ccccc21. The van der Waals surface area contributed by atoms with E-state index in [1.54, 1.807) is 0 Å². The first-order valence-corrected chi connectivity index (χ1v) is 6.96. The van der Waals surface area contributed by atoms with E-state index in [-0.39, 0.29) is 12.9 Å². The molecule has 2 N–H and O–H groups in total. The molecule has 0 radical (unpaired) electrons. The summed E-state index contributed by atoms with van der Waals surface area (Å²) in [6, 6.07) is 22.0. The molecule has 1 aliphatic rings. The largest absolute Gasteiger partial charge is 0.408 e. The summed E-state index contributed by atoms with van der Waals surface area (Å²) >= 11 is 0. The topological polar surface area (TPSA) is 41.1 Å². The van der Waals surface area contributed by atoms with Crippen LogP contribution in [0.25, 0.3) is 10.8 Å². The monoisotopic (exact) mass is 272 g/mol. The highest BCUT2D eigenvalue weighted by molar-refractivity contribution is 6.77. The molecule has 1 heterocycles. The van der Waals surface area contributed by atoms with Crippen molar-refractivity contribution in [2.75, 3.05) is 5.23 Å². The van der Waals surface area contributed by atoms with Gasteiger partial charge >= 0.3 is 6.98 Å². The van der Waals surface area contributed by atoms with Gasteiger partial charge in [0.05, 0.1) is 5.56 Å². The van der Waals surface area contributed by atoms with Crippen LogP contribution in [0.2, 0.25) is 0 Å². The lowest BCUT2D eigenvalue weighted by molar-refractivity contribution is 0.0979. The highest BCUT2D eigenvalue weighted by Crippen LogP contribution is 2.19. The van der Waals surface area contributed by atoms with Crippen molar-refractivity contribution < 1.29 is 4.79 Å². The molecule has 0 saturated carbocycles.